The van der Waals surface area contributed by atoms with Gasteiger partial charge in [0, 0.05) is 6.04 Å². The molecule has 0 radical (unpaired) electrons. The van der Waals surface area contributed by atoms with Gasteiger partial charge in [0.1, 0.15) is 0 Å². The molecule has 0 saturated carbocycles. The van der Waals surface area contributed by atoms with Crippen molar-refractivity contribution in [1.82, 2.24) is 5.32 Å². The Labute approximate surface area is 168 Å². The second-order valence-electron chi connectivity index (χ2n) is 7.31. The summed E-state index contributed by atoms with van der Waals surface area (Å²) in [5.74, 6) is -0.448. The van der Waals surface area contributed by atoms with Gasteiger partial charge in [0.2, 0.25) is 0 Å². The highest BCUT2D eigenvalue weighted by Crippen LogP contribution is 2.26. The van der Waals surface area contributed by atoms with Crippen LogP contribution in [-0.2, 0) is 32.5 Å². The first kappa shape index (κ1) is 21.0. The third-order valence-corrected chi connectivity index (χ3v) is 9.42. The Kier molecular flexibility index (Phi) is 6.58. The molecule has 0 bridgehead atoms. The first-order chi connectivity index (χ1) is 13.3. The zero-order valence-electron chi connectivity index (χ0n) is 16.0. The van der Waals surface area contributed by atoms with E-state index in [-0.39, 0.29) is 16.4 Å². The Morgan fingerprint density at radius 2 is 1.64 bits per heavy atom. The van der Waals surface area contributed by atoms with Crippen molar-refractivity contribution >= 4 is 19.7 Å². The van der Waals surface area contributed by atoms with E-state index < -0.39 is 31.0 Å². The molecular weight excluding hydrogens is 394 g/mol. The monoisotopic (exact) mass is 421 g/mol. The molecule has 5 nitrogen and oxygen atoms in total. The fourth-order valence-corrected chi connectivity index (χ4v) is 8.34. The summed E-state index contributed by atoms with van der Waals surface area (Å²) in [5.41, 5.74) is 2.26. The van der Waals surface area contributed by atoms with E-state index in [1.165, 1.54) is 5.56 Å². The van der Waals surface area contributed by atoms with Gasteiger partial charge in [0.25, 0.3) is 0 Å². The van der Waals surface area contributed by atoms with E-state index in [1.807, 2.05) is 37.3 Å². The summed E-state index contributed by atoms with van der Waals surface area (Å²) in [7, 11) is -7.09. The van der Waals surface area contributed by atoms with Crippen LogP contribution in [0.3, 0.4) is 0 Å². The van der Waals surface area contributed by atoms with Crippen molar-refractivity contribution in [2.75, 3.05) is 18.1 Å². The van der Waals surface area contributed by atoms with Crippen LogP contribution in [0.4, 0.5) is 0 Å². The maximum Gasteiger partial charge on any atom is 0.183 e. The van der Waals surface area contributed by atoms with E-state index in [0.29, 0.717) is 6.54 Å². The third-order valence-electron chi connectivity index (χ3n) is 5.25. The van der Waals surface area contributed by atoms with Crippen LogP contribution in [0.15, 0.2) is 59.5 Å². The summed E-state index contributed by atoms with van der Waals surface area (Å²) in [6.07, 6.45) is 2.51. The highest BCUT2D eigenvalue weighted by molar-refractivity contribution is 7.96. The van der Waals surface area contributed by atoms with E-state index in [9.17, 15) is 16.8 Å². The molecule has 1 saturated heterocycles. The zero-order chi connectivity index (χ0) is 20.2. The summed E-state index contributed by atoms with van der Waals surface area (Å²) in [5, 5.41) is 2.25. The Hall–Kier alpha value is -1.70. The Morgan fingerprint density at radius 3 is 2.29 bits per heavy atom. The third kappa shape index (κ3) is 5.01. The lowest BCUT2D eigenvalue weighted by Crippen LogP contribution is -2.43. The molecule has 2 atom stereocenters. The average molecular weight is 422 g/mol. The first-order valence-electron chi connectivity index (χ1n) is 9.62. The fourth-order valence-electron chi connectivity index (χ4n) is 3.63. The van der Waals surface area contributed by atoms with E-state index >= 15 is 0 Å². The fraction of sp³-hybridized carbons (Fsp3) is 0.429. The smallest absolute Gasteiger partial charge is 0.183 e. The molecule has 0 aromatic heterocycles. The minimum atomic E-state index is -3.71. The van der Waals surface area contributed by atoms with Gasteiger partial charge in [-0.3, -0.25) is 0 Å². The van der Waals surface area contributed by atoms with Gasteiger partial charge in [-0.2, -0.15) is 0 Å². The Bertz CT molecular complexity index is 984. The van der Waals surface area contributed by atoms with Gasteiger partial charge in [-0.15, -0.1) is 0 Å². The predicted molar refractivity (Wildman–Crippen MR) is 112 cm³/mol. The predicted octanol–water partition coefficient (Wildman–Crippen LogP) is 2.41. The maximum atomic E-state index is 13.1. The molecule has 0 spiro atoms. The lowest BCUT2D eigenvalue weighted by Gasteiger charge is -2.20. The highest BCUT2D eigenvalue weighted by Gasteiger charge is 2.45. The maximum absolute atomic E-state index is 13.1. The van der Waals surface area contributed by atoms with E-state index in [2.05, 4.69) is 5.32 Å². The van der Waals surface area contributed by atoms with Gasteiger partial charge in [-0.25, -0.2) is 16.8 Å². The standard InChI is InChI=1S/C21H27NO4S2/c1-2-17-10-12-19(13-11-17)28(25,26)21-16-27(23,24)15-20(21)22-14-6-9-18-7-4-3-5-8-18/h3-5,7-8,10-13,20-22H,2,6,9,14-16H2,1H3/t20-,21+/m0/s1. The minimum absolute atomic E-state index is 0.130. The lowest BCUT2D eigenvalue weighted by molar-refractivity contribution is 0.520. The summed E-state index contributed by atoms with van der Waals surface area (Å²) in [6, 6.07) is 16.2. The molecule has 152 valence electrons. The molecular formula is C21H27NO4S2. The second kappa shape index (κ2) is 8.76. The molecule has 0 aliphatic carbocycles. The first-order valence-corrected chi connectivity index (χ1v) is 13.0. The molecule has 3 rings (SSSR count). The Morgan fingerprint density at radius 1 is 0.964 bits per heavy atom. The number of aryl methyl sites for hydroxylation is 2. The van der Waals surface area contributed by atoms with Crippen molar-refractivity contribution in [2.45, 2.75) is 42.4 Å². The van der Waals surface area contributed by atoms with Crippen molar-refractivity contribution in [3.8, 4) is 0 Å². The minimum Gasteiger partial charge on any atom is -0.312 e. The number of hydrogen-bond acceptors (Lipinski definition) is 5. The zero-order valence-corrected chi connectivity index (χ0v) is 17.7. The van der Waals surface area contributed by atoms with Crippen LogP contribution in [0, 0.1) is 0 Å². The summed E-state index contributed by atoms with van der Waals surface area (Å²) in [4.78, 5) is 0.197. The van der Waals surface area contributed by atoms with Gasteiger partial charge in [-0.05, 0) is 49.1 Å². The molecule has 2 aromatic rings. The van der Waals surface area contributed by atoms with E-state index in [4.69, 9.17) is 0 Å². The molecule has 28 heavy (non-hydrogen) atoms. The van der Waals surface area contributed by atoms with Gasteiger partial charge in [0.05, 0.1) is 21.7 Å². The summed E-state index contributed by atoms with van der Waals surface area (Å²) in [6.45, 7) is 2.58. The molecule has 1 heterocycles. The number of hydrogen-bond donors (Lipinski definition) is 1. The van der Waals surface area contributed by atoms with Crippen LogP contribution in [0.1, 0.15) is 24.5 Å². The topological polar surface area (TPSA) is 80.3 Å². The molecule has 1 aliphatic heterocycles. The van der Waals surface area contributed by atoms with Crippen molar-refractivity contribution in [1.29, 1.82) is 0 Å². The van der Waals surface area contributed by atoms with E-state index in [1.54, 1.807) is 24.3 Å². The average Bonchev–Trinajstić information content (AvgIpc) is 3.01. The number of sulfone groups is 2. The Balaban J connectivity index is 1.68. The molecule has 2 aromatic carbocycles. The van der Waals surface area contributed by atoms with Crippen molar-refractivity contribution in [3.63, 3.8) is 0 Å². The second-order valence-corrected chi connectivity index (χ2v) is 11.6. The van der Waals surface area contributed by atoms with Gasteiger partial charge in [0.15, 0.2) is 19.7 Å². The van der Waals surface area contributed by atoms with Crippen LogP contribution < -0.4 is 5.32 Å². The van der Waals surface area contributed by atoms with E-state index in [0.717, 1.165) is 24.8 Å². The normalized spacial score (nSPS) is 21.6. The number of benzene rings is 2. The van der Waals surface area contributed by atoms with Gasteiger partial charge >= 0.3 is 0 Å². The van der Waals surface area contributed by atoms with Crippen LogP contribution in [0.5, 0.6) is 0 Å². The van der Waals surface area contributed by atoms with Crippen molar-refractivity contribution < 1.29 is 16.8 Å². The summed E-state index contributed by atoms with van der Waals surface area (Å²) < 4.78 is 50.5. The SMILES string of the molecule is CCc1ccc(S(=O)(=O)[C@@H]2CS(=O)(=O)C[C@@H]2NCCCc2ccccc2)cc1. The van der Waals surface area contributed by atoms with Crippen LogP contribution >= 0.6 is 0 Å². The van der Waals surface area contributed by atoms with Crippen molar-refractivity contribution in [2.24, 2.45) is 0 Å². The van der Waals surface area contributed by atoms with Crippen LogP contribution in [-0.4, -0.2) is 46.2 Å². The van der Waals surface area contributed by atoms with Crippen LogP contribution in [0.2, 0.25) is 0 Å². The number of nitrogens with one attached hydrogen (secondary N) is 1. The molecule has 1 fully saturated rings. The van der Waals surface area contributed by atoms with Crippen molar-refractivity contribution in [3.05, 3.63) is 65.7 Å². The molecule has 1 aliphatic rings. The molecule has 7 heteroatoms. The quantitative estimate of drug-likeness (QED) is 0.662. The van der Waals surface area contributed by atoms with Gasteiger partial charge < -0.3 is 5.32 Å². The number of rotatable bonds is 8. The largest absolute Gasteiger partial charge is 0.312 e. The molecule has 1 N–H and O–H groups in total. The summed E-state index contributed by atoms with van der Waals surface area (Å²) >= 11 is 0. The highest BCUT2D eigenvalue weighted by atomic mass is 32.2. The molecule has 0 unspecified atom stereocenters. The lowest BCUT2D eigenvalue weighted by atomic mass is 10.1. The molecule has 0 amide bonds. The van der Waals surface area contributed by atoms with Gasteiger partial charge in [-0.1, -0.05) is 49.4 Å². The van der Waals surface area contributed by atoms with Crippen LogP contribution in [0.25, 0.3) is 0 Å².